The zero-order valence-corrected chi connectivity index (χ0v) is 8.44. The molecule has 0 aromatic rings. The van der Waals surface area contributed by atoms with Crippen LogP contribution in [0.25, 0.3) is 0 Å². The molecule has 0 N–H and O–H groups in total. The van der Waals surface area contributed by atoms with Crippen LogP contribution in [0.1, 0.15) is 41.0 Å². The third kappa shape index (κ3) is 4.02. The highest BCUT2D eigenvalue weighted by Gasteiger charge is 1.96. The minimum Gasteiger partial charge on any atom is -0.0845 e. The molecule has 0 amide bonds. The van der Waals surface area contributed by atoms with E-state index in [0.29, 0.717) is 5.92 Å². The van der Waals surface area contributed by atoms with Gasteiger partial charge in [0.05, 0.1) is 0 Å². The van der Waals surface area contributed by atoms with Crippen LogP contribution < -0.4 is 0 Å². The Morgan fingerprint density at radius 3 is 2.18 bits per heavy atom. The third-order valence-corrected chi connectivity index (χ3v) is 1.85. The van der Waals surface area contributed by atoms with E-state index in [0.717, 1.165) is 6.42 Å². The summed E-state index contributed by atoms with van der Waals surface area (Å²) in [4.78, 5) is 0. The fourth-order valence-corrected chi connectivity index (χ4v) is 1.12. The SMILES string of the molecule is C/C=C(C)\C(=C\C(C)C)CC. The van der Waals surface area contributed by atoms with Crippen LogP contribution in [0.2, 0.25) is 0 Å². The van der Waals surface area contributed by atoms with E-state index in [1.165, 1.54) is 11.1 Å². The Kier molecular flexibility index (Phi) is 4.93. The van der Waals surface area contributed by atoms with E-state index in [1.54, 1.807) is 0 Å². The van der Waals surface area contributed by atoms with Gasteiger partial charge in [-0.1, -0.05) is 38.5 Å². The lowest BCUT2D eigenvalue weighted by Gasteiger charge is -2.06. The third-order valence-electron chi connectivity index (χ3n) is 1.85. The van der Waals surface area contributed by atoms with Crippen LogP contribution in [-0.4, -0.2) is 0 Å². The molecule has 0 radical (unpaired) electrons. The van der Waals surface area contributed by atoms with Gasteiger partial charge in [-0.2, -0.15) is 0 Å². The Hall–Kier alpha value is -0.520. The highest BCUT2D eigenvalue weighted by Crippen LogP contribution is 2.15. The first-order valence-electron chi connectivity index (χ1n) is 4.45. The second-order valence-electron chi connectivity index (χ2n) is 3.26. The molecule has 0 heteroatoms. The summed E-state index contributed by atoms with van der Waals surface area (Å²) in [7, 11) is 0. The highest BCUT2D eigenvalue weighted by molar-refractivity contribution is 5.28. The molecule has 0 atom stereocenters. The van der Waals surface area contributed by atoms with Crippen molar-refractivity contribution in [1.82, 2.24) is 0 Å². The van der Waals surface area contributed by atoms with E-state index in [2.05, 4.69) is 46.8 Å². The first-order valence-corrected chi connectivity index (χ1v) is 4.45. The van der Waals surface area contributed by atoms with Crippen LogP contribution in [0.5, 0.6) is 0 Å². The Morgan fingerprint density at radius 2 is 1.91 bits per heavy atom. The van der Waals surface area contributed by atoms with E-state index >= 15 is 0 Å². The predicted octanol–water partition coefficient (Wildman–Crippen LogP) is 3.95. The molecular formula is C11H20. The van der Waals surface area contributed by atoms with Gasteiger partial charge in [0.15, 0.2) is 0 Å². The molecule has 0 spiro atoms. The van der Waals surface area contributed by atoms with Gasteiger partial charge in [-0.05, 0) is 31.8 Å². The maximum absolute atomic E-state index is 2.34. The molecule has 0 nitrogen and oxygen atoms in total. The van der Waals surface area contributed by atoms with Crippen molar-refractivity contribution in [3.63, 3.8) is 0 Å². The second kappa shape index (κ2) is 5.17. The molecule has 0 aromatic carbocycles. The minimum absolute atomic E-state index is 0.667. The van der Waals surface area contributed by atoms with Crippen molar-refractivity contribution >= 4 is 0 Å². The Bertz CT molecular complexity index is 159. The predicted molar refractivity (Wildman–Crippen MR) is 52.6 cm³/mol. The Morgan fingerprint density at radius 1 is 1.36 bits per heavy atom. The van der Waals surface area contributed by atoms with Gasteiger partial charge in [0.2, 0.25) is 0 Å². The van der Waals surface area contributed by atoms with Crippen LogP contribution >= 0.6 is 0 Å². The lowest BCUT2D eigenvalue weighted by molar-refractivity contribution is 0.815. The molecule has 0 aliphatic carbocycles. The monoisotopic (exact) mass is 152 g/mol. The highest BCUT2D eigenvalue weighted by atomic mass is 14.0. The van der Waals surface area contributed by atoms with E-state index in [9.17, 15) is 0 Å². The van der Waals surface area contributed by atoms with Crippen LogP contribution in [0, 0.1) is 5.92 Å². The van der Waals surface area contributed by atoms with E-state index in [1.807, 2.05) is 0 Å². The molecule has 0 aliphatic heterocycles. The zero-order valence-electron chi connectivity index (χ0n) is 8.44. The molecule has 11 heavy (non-hydrogen) atoms. The standard InChI is InChI=1S/C11H20/c1-6-10(5)11(7-2)8-9(3)4/h6,8-9H,7H2,1-5H3/b10-6-,11-8+. The van der Waals surface area contributed by atoms with E-state index < -0.39 is 0 Å². The van der Waals surface area contributed by atoms with Gasteiger partial charge in [0, 0.05) is 0 Å². The second-order valence-corrected chi connectivity index (χ2v) is 3.26. The number of hydrogen-bond acceptors (Lipinski definition) is 0. The molecule has 64 valence electrons. The summed E-state index contributed by atoms with van der Waals surface area (Å²) in [6, 6.07) is 0. The molecule has 0 aromatic heterocycles. The molecule has 0 saturated carbocycles. The van der Waals surface area contributed by atoms with Gasteiger partial charge in [-0.15, -0.1) is 0 Å². The lowest BCUT2D eigenvalue weighted by Crippen LogP contribution is -1.88. The first kappa shape index (κ1) is 10.5. The molecule has 0 rings (SSSR count). The quantitative estimate of drug-likeness (QED) is 0.537. The fourth-order valence-electron chi connectivity index (χ4n) is 1.12. The molecule has 0 saturated heterocycles. The largest absolute Gasteiger partial charge is 0.0845 e. The van der Waals surface area contributed by atoms with Crippen LogP contribution in [0.3, 0.4) is 0 Å². The van der Waals surface area contributed by atoms with Gasteiger partial charge in [0.25, 0.3) is 0 Å². The van der Waals surface area contributed by atoms with Crippen molar-refractivity contribution in [3.8, 4) is 0 Å². The molecule has 0 fully saturated rings. The summed E-state index contributed by atoms with van der Waals surface area (Å²) in [5, 5.41) is 0. The van der Waals surface area contributed by atoms with Gasteiger partial charge < -0.3 is 0 Å². The number of hydrogen-bond donors (Lipinski definition) is 0. The maximum atomic E-state index is 2.34. The van der Waals surface area contributed by atoms with Crippen molar-refractivity contribution in [3.05, 3.63) is 23.3 Å². The summed E-state index contributed by atoms with van der Waals surface area (Å²) in [6.07, 6.45) is 5.67. The molecule has 0 bridgehead atoms. The van der Waals surface area contributed by atoms with Gasteiger partial charge in [-0.3, -0.25) is 0 Å². The minimum atomic E-state index is 0.667. The summed E-state index contributed by atoms with van der Waals surface area (Å²) in [5.74, 6) is 0.667. The fraction of sp³-hybridized carbons (Fsp3) is 0.636. The molecule has 0 unspecified atom stereocenters. The smallest absolute Gasteiger partial charge is 0.0285 e. The van der Waals surface area contributed by atoms with Crippen LogP contribution in [0.15, 0.2) is 23.3 Å². The summed E-state index contributed by atoms with van der Waals surface area (Å²) in [5.41, 5.74) is 2.91. The Balaban J connectivity index is 4.40. The number of allylic oxidation sites excluding steroid dienone is 4. The van der Waals surface area contributed by atoms with Crippen molar-refractivity contribution in [2.45, 2.75) is 41.0 Å². The van der Waals surface area contributed by atoms with Crippen LogP contribution in [-0.2, 0) is 0 Å². The molecule has 0 aliphatic rings. The zero-order chi connectivity index (χ0) is 8.85. The van der Waals surface area contributed by atoms with Gasteiger partial charge in [0.1, 0.15) is 0 Å². The van der Waals surface area contributed by atoms with Crippen molar-refractivity contribution in [1.29, 1.82) is 0 Å². The van der Waals surface area contributed by atoms with Crippen molar-refractivity contribution in [2.75, 3.05) is 0 Å². The number of rotatable bonds is 3. The Labute approximate surface area is 71.0 Å². The van der Waals surface area contributed by atoms with Crippen LogP contribution in [0.4, 0.5) is 0 Å². The van der Waals surface area contributed by atoms with E-state index in [4.69, 9.17) is 0 Å². The average Bonchev–Trinajstić information content (AvgIpc) is 1.98. The topological polar surface area (TPSA) is 0 Å². The maximum Gasteiger partial charge on any atom is -0.0285 e. The van der Waals surface area contributed by atoms with Crippen molar-refractivity contribution < 1.29 is 0 Å². The normalized spacial score (nSPS) is 14.4. The van der Waals surface area contributed by atoms with E-state index in [-0.39, 0.29) is 0 Å². The molecule has 0 heterocycles. The average molecular weight is 152 g/mol. The summed E-state index contributed by atoms with van der Waals surface area (Å²) in [6.45, 7) is 10.9. The summed E-state index contributed by atoms with van der Waals surface area (Å²) < 4.78 is 0. The van der Waals surface area contributed by atoms with Crippen molar-refractivity contribution in [2.24, 2.45) is 5.92 Å². The molecular weight excluding hydrogens is 132 g/mol. The lowest BCUT2D eigenvalue weighted by atomic mass is 10.0. The van der Waals surface area contributed by atoms with Gasteiger partial charge >= 0.3 is 0 Å². The van der Waals surface area contributed by atoms with Gasteiger partial charge in [-0.25, -0.2) is 0 Å². The first-order chi connectivity index (χ1) is 5.11. The summed E-state index contributed by atoms with van der Waals surface area (Å²) >= 11 is 0.